The lowest BCUT2D eigenvalue weighted by Crippen LogP contribution is -2.36. The standard InChI is InChI=1S/C12H22N4/c1-4-16-12(14-8-15-16)7-11(13-3)9(2)10-5-6-10/h8-11,13H,4-7H2,1-3H3. The van der Waals surface area contributed by atoms with E-state index in [0.717, 1.165) is 30.6 Å². The molecule has 0 aromatic carbocycles. The van der Waals surface area contributed by atoms with Crippen molar-refractivity contribution in [1.29, 1.82) is 0 Å². The van der Waals surface area contributed by atoms with Gasteiger partial charge in [-0.05, 0) is 38.6 Å². The smallest absolute Gasteiger partial charge is 0.138 e. The van der Waals surface area contributed by atoms with Crippen molar-refractivity contribution in [1.82, 2.24) is 20.1 Å². The normalized spacial score (nSPS) is 19.7. The van der Waals surface area contributed by atoms with Gasteiger partial charge in [-0.2, -0.15) is 5.10 Å². The molecular weight excluding hydrogens is 200 g/mol. The molecule has 0 aliphatic heterocycles. The summed E-state index contributed by atoms with van der Waals surface area (Å²) < 4.78 is 1.99. The fourth-order valence-corrected chi connectivity index (χ4v) is 2.41. The highest BCUT2D eigenvalue weighted by atomic mass is 15.3. The number of aromatic nitrogens is 3. The van der Waals surface area contributed by atoms with E-state index in [0.29, 0.717) is 6.04 Å². The average Bonchev–Trinajstić information content (AvgIpc) is 3.05. The van der Waals surface area contributed by atoms with Crippen LogP contribution in [0.3, 0.4) is 0 Å². The second kappa shape index (κ2) is 4.95. The summed E-state index contributed by atoms with van der Waals surface area (Å²) in [5.74, 6) is 2.77. The molecule has 1 aromatic heterocycles. The number of rotatable bonds is 6. The van der Waals surface area contributed by atoms with Gasteiger partial charge in [-0.15, -0.1) is 0 Å². The third-order valence-corrected chi connectivity index (χ3v) is 3.77. The largest absolute Gasteiger partial charge is 0.316 e. The number of aryl methyl sites for hydroxylation is 1. The summed E-state index contributed by atoms with van der Waals surface area (Å²) in [7, 11) is 2.05. The predicted octanol–water partition coefficient (Wildman–Crippen LogP) is 1.47. The van der Waals surface area contributed by atoms with Gasteiger partial charge in [0.1, 0.15) is 12.2 Å². The van der Waals surface area contributed by atoms with Crippen LogP contribution in [0, 0.1) is 11.8 Å². The molecule has 1 aliphatic carbocycles. The molecule has 1 aromatic rings. The van der Waals surface area contributed by atoms with Gasteiger partial charge in [0.2, 0.25) is 0 Å². The van der Waals surface area contributed by atoms with Crippen LogP contribution in [0.1, 0.15) is 32.5 Å². The number of nitrogens with zero attached hydrogens (tertiary/aromatic N) is 3. The van der Waals surface area contributed by atoms with Crippen LogP contribution in [-0.4, -0.2) is 27.9 Å². The topological polar surface area (TPSA) is 42.7 Å². The van der Waals surface area contributed by atoms with Crippen LogP contribution >= 0.6 is 0 Å². The van der Waals surface area contributed by atoms with Crippen LogP contribution in [-0.2, 0) is 13.0 Å². The van der Waals surface area contributed by atoms with Gasteiger partial charge in [0.05, 0.1) is 0 Å². The predicted molar refractivity (Wildman–Crippen MR) is 64.1 cm³/mol. The van der Waals surface area contributed by atoms with Crippen LogP contribution in [0.5, 0.6) is 0 Å². The van der Waals surface area contributed by atoms with Gasteiger partial charge in [-0.3, -0.25) is 4.68 Å². The Kier molecular flexibility index (Phi) is 3.59. The average molecular weight is 222 g/mol. The van der Waals surface area contributed by atoms with Crippen LogP contribution in [0.4, 0.5) is 0 Å². The second-order valence-corrected chi connectivity index (χ2v) is 4.79. The zero-order valence-corrected chi connectivity index (χ0v) is 10.5. The summed E-state index contributed by atoms with van der Waals surface area (Å²) in [6, 6.07) is 0.530. The van der Waals surface area contributed by atoms with Crippen molar-refractivity contribution in [2.45, 2.75) is 45.7 Å². The van der Waals surface area contributed by atoms with Crippen LogP contribution in [0.25, 0.3) is 0 Å². The maximum Gasteiger partial charge on any atom is 0.138 e. The molecule has 0 bridgehead atoms. The fraction of sp³-hybridized carbons (Fsp3) is 0.833. The highest BCUT2D eigenvalue weighted by Gasteiger charge is 2.33. The molecule has 1 N–H and O–H groups in total. The number of nitrogens with one attached hydrogen (secondary N) is 1. The molecule has 0 saturated heterocycles. The van der Waals surface area contributed by atoms with Crippen molar-refractivity contribution in [3.05, 3.63) is 12.2 Å². The van der Waals surface area contributed by atoms with Crippen molar-refractivity contribution in [2.24, 2.45) is 11.8 Å². The Morgan fingerprint density at radius 1 is 1.56 bits per heavy atom. The molecule has 2 rings (SSSR count). The van der Waals surface area contributed by atoms with E-state index in [2.05, 4.69) is 36.3 Å². The lowest BCUT2D eigenvalue weighted by Gasteiger charge is -2.23. The Morgan fingerprint density at radius 2 is 2.31 bits per heavy atom. The molecule has 2 atom stereocenters. The maximum atomic E-state index is 4.35. The van der Waals surface area contributed by atoms with E-state index in [-0.39, 0.29) is 0 Å². The van der Waals surface area contributed by atoms with E-state index in [1.807, 2.05) is 4.68 Å². The maximum absolute atomic E-state index is 4.35. The summed E-state index contributed by atoms with van der Waals surface area (Å²) in [6.07, 6.45) is 5.45. The summed E-state index contributed by atoms with van der Waals surface area (Å²) >= 11 is 0. The molecule has 1 aliphatic rings. The van der Waals surface area contributed by atoms with E-state index < -0.39 is 0 Å². The molecule has 0 amide bonds. The highest BCUT2D eigenvalue weighted by Crippen LogP contribution is 2.38. The Morgan fingerprint density at radius 3 is 2.88 bits per heavy atom. The van der Waals surface area contributed by atoms with E-state index in [9.17, 15) is 0 Å². The lowest BCUT2D eigenvalue weighted by atomic mass is 9.94. The van der Waals surface area contributed by atoms with E-state index >= 15 is 0 Å². The van der Waals surface area contributed by atoms with Gasteiger partial charge < -0.3 is 5.32 Å². The summed E-state index contributed by atoms with van der Waals surface area (Å²) in [4.78, 5) is 4.35. The molecule has 1 saturated carbocycles. The van der Waals surface area contributed by atoms with Gasteiger partial charge in [-0.25, -0.2) is 4.98 Å². The summed E-state index contributed by atoms with van der Waals surface area (Å²) in [6.45, 7) is 5.37. The second-order valence-electron chi connectivity index (χ2n) is 4.79. The number of likely N-dealkylation sites (N-methyl/N-ethyl adjacent to an activating group) is 1. The van der Waals surface area contributed by atoms with Crippen molar-refractivity contribution in [3.8, 4) is 0 Å². The first kappa shape index (κ1) is 11.6. The first-order valence-corrected chi connectivity index (χ1v) is 6.30. The van der Waals surface area contributed by atoms with E-state index in [4.69, 9.17) is 0 Å². The third kappa shape index (κ3) is 2.43. The first-order valence-electron chi connectivity index (χ1n) is 6.30. The molecule has 1 heterocycles. The van der Waals surface area contributed by atoms with Gasteiger partial charge >= 0.3 is 0 Å². The van der Waals surface area contributed by atoms with Crippen LogP contribution in [0.15, 0.2) is 6.33 Å². The molecular formula is C12H22N4. The number of hydrogen-bond donors (Lipinski definition) is 1. The zero-order chi connectivity index (χ0) is 11.5. The van der Waals surface area contributed by atoms with Crippen LogP contribution in [0.2, 0.25) is 0 Å². The summed E-state index contributed by atoms with van der Waals surface area (Å²) in [5.41, 5.74) is 0. The Hall–Kier alpha value is -0.900. The highest BCUT2D eigenvalue weighted by molar-refractivity contribution is 4.94. The first-order chi connectivity index (χ1) is 7.76. The minimum absolute atomic E-state index is 0.530. The zero-order valence-electron chi connectivity index (χ0n) is 10.5. The molecule has 16 heavy (non-hydrogen) atoms. The van der Waals surface area contributed by atoms with Crippen molar-refractivity contribution in [3.63, 3.8) is 0 Å². The number of hydrogen-bond acceptors (Lipinski definition) is 3. The minimum atomic E-state index is 0.530. The van der Waals surface area contributed by atoms with Gasteiger partial charge in [-0.1, -0.05) is 6.92 Å². The molecule has 1 fully saturated rings. The molecule has 0 spiro atoms. The van der Waals surface area contributed by atoms with Crippen molar-refractivity contribution < 1.29 is 0 Å². The molecule has 2 unspecified atom stereocenters. The van der Waals surface area contributed by atoms with Crippen molar-refractivity contribution >= 4 is 0 Å². The minimum Gasteiger partial charge on any atom is -0.316 e. The quantitative estimate of drug-likeness (QED) is 0.792. The summed E-state index contributed by atoms with van der Waals surface area (Å²) in [5, 5.41) is 7.65. The molecule has 90 valence electrons. The van der Waals surface area contributed by atoms with Crippen molar-refractivity contribution in [2.75, 3.05) is 7.05 Å². The lowest BCUT2D eigenvalue weighted by molar-refractivity contribution is 0.348. The molecule has 0 radical (unpaired) electrons. The fourth-order valence-electron chi connectivity index (χ4n) is 2.41. The SMILES string of the molecule is CCn1ncnc1CC(NC)C(C)C1CC1. The van der Waals surface area contributed by atoms with Gasteiger partial charge in [0.25, 0.3) is 0 Å². The Bertz CT molecular complexity index is 330. The monoisotopic (exact) mass is 222 g/mol. The van der Waals surface area contributed by atoms with E-state index in [1.54, 1.807) is 6.33 Å². The molecule has 4 nitrogen and oxygen atoms in total. The van der Waals surface area contributed by atoms with Gasteiger partial charge in [0, 0.05) is 19.0 Å². The van der Waals surface area contributed by atoms with Crippen LogP contribution < -0.4 is 5.32 Å². The van der Waals surface area contributed by atoms with E-state index in [1.165, 1.54) is 12.8 Å². The van der Waals surface area contributed by atoms with Gasteiger partial charge in [0.15, 0.2) is 0 Å². The Balaban J connectivity index is 2.00. The Labute approximate surface area is 97.5 Å². The molecule has 4 heteroatoms. The third-order valence-electron chi connectivity index (χ3n) is 3.77.